The third-order valence-electron chi connectivity index (χ3n) is 2.17. The molecule has 0 saturated carbocycles. The Labute approximate surface area is 72.6 Å². The minimum Gasteiger partial charge on any atom is -0.316 e. The Morgan fingerprint density at radius 3 is 2.75 bits per heavy atom. The fraction of sp³-hybridized carbons (Fsp3) is 1.00. The largest absolute Gasteiger partial charge is 0.316 e. The van der Waals surface area contributed by atoms with Crippen molar-refractivity contribution in [3.8, 4) is 0 Å². The van der Waals surface area contributed by atoms with Crippen LogP contribution in [0.1, 0.15) is 19.3 Å². The van der Waals surface area contributed by atoms with Gasteiger partial charge in [0, 0.05) is 0 Å². The maximum absolute atomic E-state index is 12.1. The van der Waals surface area contributed by atoms with E-state index in [9.17, 15) is 12.3 Å². The summed E-state index contributed by atoms with van der Waals surface area (Å²) in [6.45, 7) is 1.83. The van der Waals surface area contributed by atoms with Crippen LogP contribution in [0.3, 0.4) is 0 Å². The molecule has 0 aromatic carbocycles. The van der Waals surface area contributed by atoms with E-state index in [1.807, 2.05) is 0 Å². The summed E-state index contributed by atoms with van der Waals surface area (Å²) in [6.07, 6.45) is 2.53. The van der Waals surface area contributed by atoms with Gasteiger partial charge in [-0.3, -0.25) is 0 Å². The summed E-state index contributed by atoms with van der Waals surface area (Å²) >= 11 is 0. The van der Waals surface area contributed by atoms with Crippen LogP contribution >= 0.6 is 0 Å². The van der Waals surface area contributed by atoms with Gasteiger partial charge in [-0.25, -0.2) is 0 Å². The van der Waals surface area contributed by atoms with E-state index in [1.54, 1.807) is 0 Å². The number of hydrogen-bond donors (Lipinski definition) is 1. The van der Waals surface area contributed by atoms with Gasteiger partial charge in [0.25, 0.3) is 0 Å². The maximum atomic E-state index is 12.1. The second-order valence-electron chi connectivity index (χ2n) is 3.24. The van der Waals surface area contributed by atoms with Crippen molar-refractivity contribution in [3.05, 3.63) is 0 Å². The fourth-order valence-electron chi connectivity index (χ4n) is 1.48. The van der Waals surface area contributed by atoms with Crippen LogP contribution < -0.4 is 5.32 Å². The number of hydrogen-bond acceptors (Lipinski definition) is 3. The summed E-state index contributed by atoms with van der Waals surface area (Å²) in [5.41, 5.74) is 0. The highest BCUT2D eigenvalue weighted by molar-refractivity contribution is 7.86. The first-order chi connectivity index (χ1) is 5.58. The SMILES string of the molecule is O=S(=O)(F)CCC1CCCNC1. The molecule has 1 N–H and O–H groups in total. The second kappa shape index (κ2) is 4.18. The lowest BCUT2D eigenvalue weighted by Crippen LogP contribution is -2.30. The lowest BCUT2D eigenvalue weighted by molar-refractivity contribution is 0.367. The molecular formula is C7H14FNO2S. The summed E-state index contributed by atoms with van der Waals surface area (Å²) in [5.74, 6) is 0.0172. The first kappa shape index (κ1) is 9.92. The van der Waals surface area contributed by atoms with Crippen molar-refractivity contribution in [2.75, 3.05) is 18.8 Å². The highest BCUT2D eigenvalue weighted by Crippen LogP contribution is 2.15. The van der Waals surface area contributed by atoms with E-state index in [0.717, 1.165) is 25.9 Å². The summed E-state index contributed by atoms with van der Waals surface area (Å²) in [6, 6.07) is 0. The lowest BCUT2D eigenvalue weighted by Gasteiger charge is -2.21. The van der Waals surface area contributed by atoms with Crippen LogP contribution in [0, 0.1) is 5.92 Å². The van der Waals surface area contributed by atoms with Gasteiger partial charge in [0.15, 0.2) is 0 Å². The minimum atomic E-state index is -4.25. The summed E-state index contributed by atoms with van der Waals surface area (Å²) in [5, 5.41) is 3.15. The van der Waals surface area contributed by atoms with Crippen molar-refractivity contribution >= 4 is 10.2 Å². The Balaban J connectivity index is 2.22. The average Bonchev–Trinajstić information content (AvgIpc) is 2.02. The van der Waals surface area contributed by atoms with E-state index in [0.29, 0.717) is 12.3 Å². The second-order valence-corrected chi connectivity index (χ2v) is 4.73. The molecule has 0 radical (unpaired) electrons. The molecule has 1 heterocycles. The van der Waals surface area contributed by atoms with Crippen LogP contribution in [0.2, 0.25) is 0 Å². The predicted octanol–water partition coefficient (Wildman–Crippen LogP) is 0.675. The molecule has 0 bridgehead atoms. The first-order valence-corrected chi connectivity index (χ1v) is 5.76. The van der Waals surface area contributed by atoms with Crippen LogP contribution in [0.25, 0.3) is 0 Å². The molecule has 0 aliphatic carbocycles. The molecule has 0 aromatic rings. The van der Waals surface area contributed by atoms with E-state index < -0.39 is 10.2 Å². The maximum Gasteiger partial charge on any atom is 0.302 e. The van der Waals surface area contributed by atoms with Crippen molar-refractivity contribution in [2.45, 2.75) is 19.3 Å². The standard InChI is InChI=1S/C7H14FNO2S/c8-12(10,11)5-3-7-2-1-4-9-6-7/h7,9H,1-6H2. The molecule has 1 atom stereocenters. The van der Waals surface area contributed by atoms with Crippen LogP contribution in [0.5, 0.6) is 0 Å². The molecule has 0 amide bonds. The Bertz CT molecular complexity index is 222. The smallest absolute Gasteiger partial charge is 0.302 e. The van der Waals surface area contributed by atoms with E-state index in [1.165, 1.54) is 0 Å². The summed E-state index contributed by atoms with van der Waals surface area (Å²) < 4.78 is 32.5. The van der Waals surface area contributed by atoms with Gasteiger partial charge in [0.05, 0.1) is 5.75 Å². The molecule has 1 saturated heterocycles. The zero-order valence-electron chi connectivity index (χ0n) is 6.92. The van der Waals surface area contributed by atoms with Crippen LogP contribution in [0.4, 0.5) is 3.89 Å². The Morgan fingerprint density at radius 1 is 1.50 bits per heavy atom. The number of rotatable bonds is 3. The predicted molar refractivity (Wildman–Crippen MR) is 45.1 cm³/mol. The van der Waals surface area contributed by atoms with Crippen LogP contribution in [-0.4, -0.2) is 27.3 Å². The van der Waals surface area contributed by atoms with Crippen LogP contribution in [-0.2, 0) is 10.2 Å². The highest BCUT2D eigenvalue weighted by Gasteiger charge is 2.16. The number of halogens is 1. The quantitative estimate of drug-likeness (QED) is 0.673. The van der Waals surface area contributed by atoms with Crippen molar-refractivity contribution in [2.24, 2.45) is 5.92 Å². The molecule has 5 heteroatoms. The topological polar surface area (TPSA) is 46.2 Å². The van der Waals surface area contributed by atoms with Gasteiger partial charge < -0.3 is 5.32 Å². The van der Waals surface area contributed by atoms with Crippen LogP contribution in [0.15, 0.2) is 0 Å². The van der Waals surface area contributed by atoms with E-state index in [4.69, 9.17) is 0 Å². The molecule has 3 nitrogen and oxygen atoms in total. The summed E-state index contributed by atoms with van der Waals surface area (Å²) in [4.78, 5) is 0. The monoisotopic (exact) mass is 195 g/mol. The third-order valence-corrected chi connectivity index (χ3v) is 2.89. The Kier molecular flexibility index (Phi) is 3.46. The zero-order valence-corrected chi connectivity index (χ0v) is 7.74. The molecule has 12 heavy (non-hydrogen) atoms. The van der Waals surface area contributed by atoms with E-state index in [2.05, 4.69) is 5.32 Å². The lowest BCUT2D eigenvalue weighted by atomic mass is 9.97. The Hall–Kier alpha value is -0.160. The molecule has 1 aliphatic rings. The van der Waals surface area contributed by atoms with Gasteiger partial charge in [-0.05, 0) is 38.3 Å². The molecule has 1 aliphatic heterocycles. The van der Waals surface area contributed by atoms with Crippen molar-refractivity contribution < 1.29 is 12.3 Å². The molecular weight excluding hydrogens is 181 g/mol. The number of piperidine rings is 1. The van der Waals surface area contributed by atoms with Gasteiger partial charge in [-0.1, -0.05) is 0 Å². The van der Waals surface area contributed by atoms with Gasteiger partial charge in [0.1, 0.15) is 0 Å². The zero-order chi connectivity index (χ0) is 9.03. The molecule has 1 fully saturated rings. The van der Waals surface area contributed by atoms with Crippen molar-refractivity contribution in [1.82, 2.24) is 5.32 Å². The molecule has 1 unspecified atom stereocenters. The van der Waals surface area contributed by atoms with Crippen molar-refractivity contribution in [3.63, 3.8) is 0 Å². The molecule has 0 spiro atoms. The minimum absolute atomic E-state index is 0.320. The fourth-order valence-corrected chi connectivity index (χ4v) is 2.09. The number of nitrogens with one attached hydrogen (secondary N) is 1. The third kappa shape index (κ3) is 4.01. The van der Waals surface area contributed by atoms with Crippen molar-refractivity contribution in [1.29, 1.82) is 0 Å². The van der Waals surface area contributed by atoms with E-state index in [-0.39, 0.29) is 5.75 Å². The molecule has 1 rings (SSSR count). The van der Waals surface area contributed by atoms with Gasteiger partial charge in [-0.15, -0.1) is 3.89 Å². The van der Waals surface area contributed by atoms with Gasteiger partial charge in [0.2, 0.25) is 0 Å². The molecule has 0 aromatic heterocycles. The average molecular weight is 195 g/mol. The Morgan fingerprint density at radius 2 is 2.25 bits per heavy atom. The first-order valence-electron chi connectivity index (χ1n) is 4.21. The van der Waals surface area contributed by atoms with Gasteiger partial charge in [-0.2, -0.15) is 8.42 Å². The van der Waals surface area contributed by atoms with Gasteiger partial charge >= 0.3 is 10.2 Å². The normalized spacial score (nSPS) is 25.6. The molecule has 72 valence electrons. The summed E-state index contributed by atoms with van der Waals surface area (Å²) in [7, 11) is -4.25. The van der Waals surface area contributed by atoms with E-state index >= 15 is 0 Å². The highest BCUT2D eigenvalue weighted by atomic mass is 32.3.